The van der Waals surface area contributed by atoms with Gasteiger partial charge in [-0.15, -0.1) is 5.10 Å². The number of hydrogen-bond donors (Lipinski definition) is 3. The predicted molar refractivity (Wildman–Crippen MR) is 203 cm³/mol. The first kappa shape index (κ1) is 41.5. The highest BCUT2D eigenvalue weighted by atomic mass is 35.5. The second-order valence-electron chi connectivity index (χ2n) is 14.9. The van der Waals surface area contributed by atoms with Crippen molar-refractivity contribution < 1.29 is 45.8 Å². The molecule has 2 amide bonds. The number of carboxylic acid groups (broad SMARTS) is 1. The Bertz CT molecular complexity index is 2180. The van der Waals surface area contributed by atoms with Gasteiger partial charge in [-0.05, 0) is 82.4 Å². The summed E-state index contributed by atoms with van der Waals surface area (Å²) in [7, 11) is -4.58. The zero-order valence-electron chi connectivity index (χ0n) is 31.3. The number of benzene rings is 1. The molecule has 1 saturated heterocycles. The minimum Gasteiger partial charge on any atom is -0.489 e. The highest BCUT2D eigenvalue weighted by Crippen LogP contribution is 2.60. The standard InChI is InChI=1S/C38H43ClF3N7O7S/c1-36(2)22-26(23-48(36)35(51)52)10-6-17-43-29-20-27(56-24-25-8-4-3-5-9-25)21-32(44-29)57(53,54)47-34(50)28-11-12-30(45-33(28)39)49-18-13-31(46-49)55-19-7-14-37(15-16-37)38(40,41)42/h3-5,8-9,11-13,18,20-21,26H,6-7,10,14-17,19,22-24H2,1-2H3,(H,43,44)(H,47,50)(H,51,52)/t26-/m0/s1. The van der Waals surface area contributed by atoms with E-state index in [1.807, 2.05) is 48.9 Å². The van der Waals surface area contributed by atoms with Crippen LogP contribution in [0.25, 0.3) is 5.82 Å². The number of nitrogens with zero attached hydrogens (tertiary/aromatic N) is 5. The SMILES string of the molecule is CC1(C)C[C@H](CCCNc2cc(OCc3ccccc3)cc(S(=O)(=O)NC(=O)c3ccc(-n4ccc(OCCCC5(C(F)(F)F)CC5)n4)nc3Cl)n2)CN1C(=O)O. The molecule has 0 bridgehead atoms. The smallest absolute Gasteiger partial charge is 0.407 e. The lowest BCUT2D eigenvalue weighted by Gasteiger charge is -2.28. The normalized spacial score (nSPS) is 17.2. The maximum Gasteiger partial charge on any atom is 0.407 e. The molecule has 4 heterocycles. The summed E-state index contributed by atoms with van der Waals surface area (Å²) in [5, 5.41) is 16.1. The van der Waals surface area contributed by atoms with E-state index in [0.717, 1.165) is 18.4 Å². The molecule has 1 saturated carbocycles. The number of likely N-dealkylation sites (tertiary alicyclic amines) is 1. The van der Waals surface area contributed by atoms with Crippen LogP contribution in [0, 0.1) is 11.3 Å². The van der Waals surface area contributed by atoms with Gasteiger partial charge < -0.3 is 24.8 Å². The Morgan fingerprint density at radius 1 is 1.04 bits per heavy atom. The maximum absolute atomic E-state index is 13.6. The van der Waals surface area contributed by atoms with E-state index < -0.39 is 44.2 Å². The third-order valence-electron chi connectivity index (χ3n) is 10.2. The highest BCUT2D eigenvalue weighted by Gasteiger charge is 2.62. The molecule has 0 spiro atoms. The zero-order valence-corrected chi connectivity index (χ0v) is 32.8. The summed E-state index contributed by atoms with van der Waals surface area (Å²) in [4.78, 5) is 34.8. The summed E-state index contributed by atoms with van der Waals surface area (Å²) in [5.74, 6) is -0.215. The first-order valence-corrected chi connectivity index (χ1v) is 20.2. The fourth-order valence-electron chi connectivity index (χ4n) is 6.93. The third kappa shape index (κ3) is 10.3. The van der Waals surface area contributed by atoms with Crippen molar-refractivity contribution in [1.82, 2.24) is 29.4 Å². The van der Waals surface area contributed by atoms with Crippen LogP contribution >= 0.6 is 11.6 Å². The number of amides is 2. The van der Waals surface area contributed by atoms with Gasteiger partial charge in [-0.3, -0.25) is 4.79 Å². The number of hydrogen-bond acceptors (Lipinski definition) is 10. The molecular weight excluding hydrogens is 791 g/mol. The van der Waals surface area contributed by atoms with Gasteiger partial charge in [0, 0.05) is 43.0 Å². The van der Waals surface area contributed by atoms with Gasteiger partial charge in [-0.1, -0.05) is 41.9 Å². The quantitative estimate of drug-likeness (QED) is 0.0710. The van der Waals surface area contributed by atoms with Crippen LogP contribution in [0.4, 0.5) is 23.8 Å². The molecule has 1 atom stereocenters. The Morgan fingerprint density at radius 2 is 1.79 bits per heavy atom. The van der Waals surface area contributed by atoms with Crippen LogP contribution < -0.4 is 19.5 Å². The van der Waals surface area contributed by atoms with Crippen LogP contribution in [0.1, 0.15) is 74.7 Å². The Morgan fingerprint density at radius 3 is 2.46 bits per heavy atom. The van der Waals surface area contributed by atoms with Crippen LogP contribution in [0.5, 0.6) is 11.6 Å². The van der Waals surface area contributed by atoms with Crippen molar-refractivity contribution in [3.63, 3.8) is 0 Å². The number of sulfonamides is 1. The number of halogens is 4. The predicted octanol–water partition coefficient (Wildman–Crippen LogP) is 7.49. The van der Waals surface area contributed by atoms with E-state index in [1.54, 1.807) is 6.07 Å². The van der Waals surface area contributed by atoms with Gasteiger partial charge in [0.25, 0.3) is 15.9 Å². The molecule has 4 aromatic rings. The maximum atomic E-state index is 13.6. The van der Waals surface area contributed by atoms with E-state index in [-0.39, 0.29) is 78.8 Å². The van der Waals surface area contributed by atoms with E-state index in [9.17, 15) is 36.3 Å². The van der Waals surface area contributed by atoms with Crippen molar-refractivity contribution in [2.75, 3.05) is 25.0 Å². The first-order chi connectivity index (χ1) is 26.9. The summed E-state index contributed by atoms with van der Waals surface area (Å²) >= 11 is 6.34. The third-order valence-corrected chi connectivity index (χ3v) is 11.7. The van der Waals surface area contributed by atoms with Crippen LogP contribution in [0.2, 0.25) is 5.15 Å². The molecular formula is C38H43ClF3N7O7S. The van der Waals surface area contributed by atoms with E-state index >= 15 is 0 Å². The number of anilines is 1. The fraction of sp³-hybridized carbons (Fsp3) is 0.447. The number of pyridine rings is 2. The number of aromatic nitrogens is 4. The van der Waals surface area contributed by atoms with E-state index in [2.05, 4.69) is 20.4 Å². The van der Waals surface area contributed by atoms with Crippen molar-refractivity contribution in [3.8, 4) is 17.4 Å². The minimum absolute atomic E-state index is 0.0215. The number of carbonyl (C=O) groups is 2. The van der Waals surface area contributed by atoms with Gasteiger partial charge in [0.05, 0.1) is 17.6 Å². The second-order valence-corrected chi connectivity index (χ2v) is 16.9. The molecule has 0 unspecified atom stereocenters. The molecule has 14 nitrogen and oxygen atoms in total. The Labute approximate surface area is 332 Å². The zero-order chi connectivity index (χ0) is 41.0. The lowest BCUT2D eigenvalue weighted by molar-refractivity contribution is -0.189. The summed E-state index contributed by atoms with van der Waals surface area (Å²) in [5.41, 5.74) is -1.48. The van der Waals surface area contributed by atoms with Crippen molar-refractivity contribution in [3.05, 3.63) is 83.1 Å². The van der Waals surface area contributed by atoms with Crippen molar-refractivity contribution >= 4 is 39.4 Å². The van der Waals surface area contributed by atoms with Gasteiger partial charge in [-0.2, -0.15) is 21.6 Å². The lowest BCUT2D eigenvalue weighted by Crippen LogP contribution is -2.41. The van der Waals surface area contributed by atoms with Crippen molar-refractivity contribution in [1.29, 1.82) is 0 Å². The van der Waals surface area contributed by atoms with E-state index in [4.69, 9.17) is 21.1 Å². The molecule has 3 aromatic heterocycles. The van der Waals surface area contributed by atoms with Crippen LogP contribution in [0.15, 0.2) is 71.9 Å². The first-order valence-electron chi connectivity index (χ1n) is 18.4. The fourth-order valence-corrected chi connectivity index (χ4v) is 8.12. The second kappa shape index (κ2) is 16.8. The number of alkyl halides is 3. The Kier molecular flexibility index (Phi) is 12.2. The average molecular weight is 834 g/mol. The number of nitrogens with one attached hydrogen (secondary N) is 2. The summed E-state index contributed by atoms with van der Waals surface area (Å²) < 4.78 is 81.5. The van der Waals surface area contributed by atoms with Gasteiger partial charge in [0.15, 0.2) is 10.8 Å². The van der Waals surface area contributed by atoms with Crippen LogP contribution in [-0.2, 0) is 16.6 Å². The molecule has 2 fully saturated rings. The molecule has 19 heteroatoms. The molecule has 306 valence electrons. The molecule has 6 rings (SSSR count). The summed E-state index contributed by atoms with van der Waals surface area (Å²) in [6, 6.07) is 16.2. The largest absolute Gasteiger partial charge is 0.489 e. The molecule has 1 aliphatic heterocycles. The van der Waals surface area contributed by atoms with Crippen LogP contribution in [-0.4, -0.2) is 81.6 Å². The molecule has 1 aromatic carbocycles. The van der Waals surface area contributed by atoms with Gasteiger partial charge in [0.1, 0.15) is 23.3 Å². The summed E-state index contributed by atoms with van der Waals surface area (Å²) in [6.07, 6.45) is -1.12. The summed E-state index contributed by atoms with van der Waals surface area (Å²) in [6.45, 7) is 4.82. The lowest BCUT2D eigenvalue weighted by atomic mass is 9.93. The van der Waals surface area contributed by atoms with Crippen LogP contribution in [0.3, 0.4) is 0 Å². The van der Waals surface area contributed by atoms with Gasteiger partial charge in [-0.25, -0.2) is 24.2 Å². The molecule has 1 aliphatic carbocycles. The Balaban J connectivity index is 1.09. The molecule has 0 radical (unpaired) electrons. The van der Waals surface area contributed by atoms with E-state index in [1.165, 1.54) is 40.0 Å². The van der Waals surface area contributed by atoms with Crippen molar-refractivity contribution in [2.24, 2.45) is 11.3 Å². The number of rotatable bonds is 17. The average Bonchev–Trinajstić information content (AvgIpc) is 3.70. The van der Waals surface area contributed by atoms with E-state index in [0.29, 0.717) is 19.5 Å². The number of ether oxygens (including phenoxy) is 2. The van der Waals surface area contributed by atoms with Gasteiger partial charge in [0.2, 0.25) is 5.88 Å². The number of carbonyl (C=O) groups excluding carboxylic acids is 1. The molecule has 57 heavy (non-hydrogen) atoms. The van der Waals surface area contributed by atoms with Gasteiger partial charge >= 0.3 is 12.3 Å². The molecule has 2 aliphatic rings. The topological polar surface area (TPSA) is 178 Å². The van der Waals surface area contributed by atoms with Crippen molar-refractivity contribution in [2.45, 2.75) is 82.1 Å². The molecule has 3 N–H and O–H groups in total. The minimum atomic E-state index is -4.58. The highest BCUT2D eigenvalue weighted by molar-refractivity contribution is 7.90. The monoisotopic (exact) mass is 833 g/mol. The Hall–Kier alpha value is -5.10.